The van der Waals surface area contributed by atoms with E-state index in [-0.39, 0.29) is 17.4 Å². The molecule has 1 aromatic heterocycles. The lowest BCUT2D eigenvalue weighted by Crippen LogP contribution is -2.27. The van der Waals surface area contributed by atoms with Gasteiger partial charge in [0, 0.05) is 7.05 Å². The third-order valence-electron chi connectivity index (χ3n) is 2.82. The van der Waals surface area contributed by atoms with Crippen molar-refractivity contribution in [3.05, 3.63) is 33.1 Å². The summed E-state index contributed by atoms with van der Waals surface area (Å²) in [5.74, 6) is 0. The molecule has 0 bridgehead atoms. The van der Waals surface area contributed by atoms with Crippen molar-refractivity contribution in [2.45, 2.75) is 31.7 Å². The van der Waals surface area contributed by atoms with Gasteiger partial charge >= 0.3 is 11.4 Å². The van der Waals surface area contributed by atoms with Crippen molar-refractivity contribution in [3.63, 3.8) is 0 Å². The molecule has 5 heteroatoms. The fraction of sp³-hybridized carbons (Fsp3) is 0.600. The van der Waals surface area contributed by atoms with Crippen LogP contribution in [-0.4, -0.2) is 14.3 Å². The van der Waals surface area contributed by atoms with Crippen LogP contribution in [0.15, 0.2) is 21.7 Å². The Kier molecular flexibility index (Phi) is 2.62. The molecule has 82 valence electrons. The van der Waals surface area contributed by atoms with E-state index in [0.717, 1.165) is 30.3 Å². The molecule has 0 saturated heterocycles. The number of aromatic amines is 1. The number of rotatable bonds is 1. The molecule has 1 aromatic rings. The summed E-state index contributed by atoms with van der Waals surface area (Å²) in [6.07, 6.45) is 8.29. The van der Waals surface area contributed by atoms with E-state index >= 15 is 0 Å². The fourth-order valence-electron chi connectivity index (χ4n) is 1.88. The highest BCUT2D eigenvalue weighted by Crippen LogP contribution is 2.18. The quantitative estimate of drug-likeness (QED) is 0.686. The summed E-state index contributed by atoms with van der Waals surface area (Å²) in [4.78, 5) is 22.9. The van der Waals surface area contributed by atoms with Gasteiger partial charge in [-0.25, -0.2) is 23.9 Å². The highest BCUT2D eigenvalue weighted by atomic mass is 16.2. The Morgan fingerprint density at radius 2 is 2.20 bits per heavy atom. The Labute approximate surface area is 87.0 Å². The molecule has 1 unspecified atom stereocenters. The van der Waals surface area contributed by atoms with Crippen molar-refractivity contribution in [2.24, 2.45) is 7.05 Å². The third kappa shape index (κ3) is 1.82. The van der Waals surface area contributed by atoms with Crippen LogP contribution in [0.5, 0.6) is 0 Å². The summed E-state index contributed by atoms with van der Waals surface area (Å²) in [5, 5.41) is 2.57. The van der Waals surface area contributed by atoms with Crippen molar-refractivity contribution < 1.29 is 0 Å². The van der Waals surface area contributed by atoms with E-state index in [0.29, 0.717) is 0 Å². The van der Waals surface area contributed by atoms with E-state index in [4.69, 9.17) is 0 Å². The summed E-state index contributed by atoms with van der Waals surface area (Å²) in [7, 11) is 1.48. The predicted octanol–water partition coefficient (Wildman–Crippen LogP) is 0.546. The highest BCUT2D eigenvalue weighted by Gasteiger charge is 2.14. The monoisotopic (exact) mass is 209 g/mol. The van der Waals surface area contributed by atoms with Gasteiger partial charge in [-0.3, -0.25) is 0 Å². The van der Waals surface area contributed by atoms with Crippen molar-refractivity contribution in [1.29, 1.82) is 0 Å². The molecule has 0 fully saturated rings. The van der Waals surface area contributed by atoms with E-state index in [1.807, 2.05) is 6.08 Å². The van der Waals surface area contributed by atoms with Crippen molar-refractivity contribution in [3.8, 4) is 0 Å². The largest absolute Gasteiger partial charge is 0.347 e. The maximum atomic E-state index is 11.7. The minimum Gasteiger partial charge on any atom is -0.246 e. The minimum absolute atomic E-state index is 0.00824. The number of aromatic nitrogens is 3. The van der Waals surface area contributed by atoms with Crippen LogP contribution < -0.4 is 11.4 Å². The van der Waals surface area contributed by atoms with E-state index in [9.17, 15) is 9.59 Å². The Bertz CT molecular complexity index is 478. The lowest BCUT2D eigenvalue weighted by atomic mass is 10.1. The van der Waals surface area contributed by atoms with E-state index < -0.39 is 0 Å². The van der Waals surface area contributed by atoms with Crippen LogP contribution in [0, 0.1) is 0 Å². The molecule has 0 aromatic carbocycles. The van der Waals surface area contributed by atoms with E-state index in [2.05, 4.69) is 11.2 Å². The van der Waals surface area contributed by atoms with Gasteiger partial charge in [0.1, 0.15) is 0 Å². The zero-order valence-electron chi connectivity index (χ0n) is 8.77. The maximum Gasteiger partial charge on any atom is 0.347 e. The smallest absolute Gasteiger partial charge is 0.246 e. The fourth-order valence-corrected chi connectivity index (χ4v) is 1.88. The van der Waals surface area contributed by atoms with E-state index in [1.54, 1.807) is 0 Å². The summed E-state index contributed by atoms with van der Waals surface area (Å²) >= 11 is 0. The summed E-state index contributed by atoms with van der Waals surface area (Å²) in [6, 6.07) is 0.00824. The molecule has 2 rings (SSSR count). The lowest BCUT2D eigenvalue weighted by Gasteiger charge is -2.10. The third-order valence-corrected chi connectivity index (χ3v) is 2.82. The average Bonchev–Trinajstić information content (AvgIpc) is 2.51. The van der Waals surface area contributed by atoms with Crippen LogP contribution in [0.4, 0.5) is 0 Å². The van der Waals surface area contributed by atoms with Gasteiger partial charge in [-0.1, -0.05) is 18.6 Å². The molecule has 0 spiro atoms. The number of H-pyrrole nitrogens is 1. The van der Waals surface area contributed by atoms with Crippen molar-refractivity contribution in [1.82, 2.24) is 14.3 Å². The van der Waals surface area contributed by atoms with Crippen molar-refractivity contribution >= 4 is 0 Å². The maximum absolute atomic E-state index is 11.7. The normalized spacial score (nSPS) is 21.5. The van der Waals surface area contributed by atoms with Crippen LogP contribution in [-0.2, 0) is 7.05 Å². The van der Waals surface area contributed by atoms with E-state index in [1.165, 1.54) is 11.7 Å². The summed E-state index contributed by atoms with van der Waals surface area (Å²) < 4.78 is 2.52. The molecule has 1 aliphatic carbocycles. The van der Waals surface area contributed by atoms with Gasteiger partial charge in [0.25, 0.3) is 0 Å². The molecule has 0 saturated carbocycles. The Hall–Kier alpha value is -1.52. The molecule has 15 heavy (non-hydrogen) atoms. The molecular weight excluding hydrogens is 194 g/mol. The summed E-state index contributed by atoms with van der Waals surface area (Å²) in [6.45, 7) is 0. The molecule has 1 N–H and O–H groups in total. The van der Waals surface area contributed by atoms with Gasteiger partial charge in [0.15, 0.2) is 0 Å². The Balaban J connectivity index is 2.40. The van der Waals surface area contributed by atoms with Crippen LogP contribution >= 0.6 is 0 Å². The molecular formula is C10H15N3O2. The zero-order valence-corrected chi connectivity index (χ0v) is 8.77. The second-order valence-corrected chi connectivity index (χ2v) is 3.91. The van der Waals surface area contributed by atoms with Gasteiger partial charge < -0.3 is 0 Å². The van der Waals surface area contributed by atoms with Gasteiger partial charge in [-0.2, -0.15) is 0 Å². The van der Waals surface area contributed by atoms with Crippen LogP contribution in [0.25, 0.3) is 0 Å². The molecule has 1 atom stereocenters. The topological polar surface area (TPSA) is 59.8 Å². The van der Waals surface area contributed by atoms with Gasteiger partial charge in [0.05, 0.1) is 6.04 Å². The lowest BCUT2D eigenvalue weighted by molar-refractivity contribution is 0.472. The first kappa shape index (κ1) is 10.0. The van der Waals surface area contributed by atoms with Crippen molar-refractivity contribution in [2.75, 3.05) is 0 Å². The second kappa shape index (κ2) is 3.92. The molecule has 1 heterocycles. The SMILES string of the molecule is Cn1c(=O)[nH]n(C2C=CCCCC2)c1=O. The van der Waals surface area contributed by atoms with Gasteiger partial charge in [0.2, 0.25) is 0 Å². The predicted molar refractivity (Wildman–Crippen MR) is 56.9 cm³/mol. The molecule has 0 radical (unpaired) electrons. The number of allylic oxidation sites excluding steroid dienone is 2. The second-order valence-electron chi connectivity index (χ2n) is 3.91. The average molecular weight is 209 g/mol. The minimum atomic E-state index is -0.349. The molecule has 0 amide bonds. The first-order chi connectivity index (χ1) is 7.20. The van der Waals surface area contributed by atoms with Gasteiger partial charge in [-0.05, 0) is 19.3 Å². The Morgan fingerprint density at radius 1 is 1.40 bits per heavy atom. The standard InChI is InChI=1S/C10H15N3O2/c1-12-9(14)11-13(10(12)15)8-6-4-2-3-5-7-8/h4,6,8H,2-3,5,7H2,1H3,(H,11,14). The highest BCUT2D eigenvalue weighted by molar-refractivity contribution is 4.94. The number of nitrogens with one attached hydrogen (secondary N) is 1. The number of hydrogen-bond acceptors (Lipinski definition) is 2. The molecule has 0 aliphatic heterocycles. The molecule has 5 nitrogen and oxygen atoms in total. The van der Waals surface area contributed by atoms with Gasteiger partial charge in [-0.15, -0.1) is 0 Å². The summed E-state index contributed by atoms with van der Waals surface area (Å²) in [5.41, 5.74) is -0.616. The van der Waals surface area contributed by atoms with Crippen LogP contribution in [0.1, 0.15) is 31.7 Å². The zero-order chi connectivity index (χ0) is 10.8. The van der Waals surface area contributed by atoms with Crippen LogP contribution in [0.2, 0.25) is 0 Å². The Morgan fingerprint density at radius 3 is 2.87 bits per heavy atom. The first-order valence-corrected chi connectivity index (χ1v) is 5.24. The molecule has 1 aliphatic rings. The number of hydrogen-bond donors (Lipinski definition) is 1. The van der Waals surface area contributed by atoms with Crippen LogP contribution in [0.3, 0.4) is 0 Å². The number of nitrogens with zero attached hydrogens (tertiary/aromatic N) is 2. The first-order valence-electron chi connectivity index (χ1n) is 5.24.